The normalized spacial score (nSPS) is 24.2. The van der Waals surface area contributed by atoms with Gasteiger partial charge in [0.25, 0.3) is 0 Å². The third-order valence-electron chi connectivity index (χ3n) is 3.86. The second-order valence-electron chi connectivity index (χ2n) is 4.85. The molecule has 1 heterocycles. The van der Waals surface area contributed by atoms with Crippen LogP contribution in [0.4, 0.5) is 0 Å². The summed E-state index contributed by atoms with van der Waals surface area (Å²) < 4.78 is 0. The molecule has 0 aromatic rings. The molecule has 2 nitrogen and oxygen atoms in total. The van der Waals surface area contributed by atoms with Gasteiger partial charge in [0.15, 0.2) is 0 Å². The van der Waals surface area contributed by atoms with E-state index in [4.69, 9.17) is 0 Å². The zero-order valence-corrected chi connectivity index (χ0v) is 10.8. The van der Waals surface area contributed by atoms with Crippen LogP contribution in [0.25, 0.3) is 0 Å². The zero-order chi connectivity index (χ0) is 11.1. The predicted octanol–water partition coefficient (Wildman–Crippen LogP) is 2.64. The third kappa shape index (κ3) is 4.12. The Labute approximate surface area is 95.4 Å². The maximum absolute atomic E-state index is 3.44. The predicted molar refractivity (Wildman–Crippen MR) is 67.3 cm³/mol. The molecule has 15 heavy (non-hydrogen) atoms. The highest BCUT2D eigenvalue weighted by atomic mass is 15.2. The van der Waals surface area contributed by atoms with Crippen LogP contribution in [0, 0.1) is 0 Å². The van der Waals surface area contributed by atoms with E-state index in [0.717, 1.165) is 0 Å². The van der Waals surface area contributed by atoms with E-state index >= 15 is 0 Å². The van der Waals surface area contributed by atoms with Crippen molar-refractivity contribution in [3.8, 4) is 0 Å². The molecular formula is C13H28N2. The Morgan fingerprint density at radius 3 is 2.07 bits per heavy atom. The first-order valence-corrected chi connectivity index (χ1v) is 6.71. The smallest absolute Gasteiger partial charge is 0.0220 e. The quantitative estimate of drug-likeness (QED) is 0.770. The van der Waals surface area contributed by atoms with Crippen molar-refractivity contribution in [1.29, 1.82) is 0 Å². The fourth-order valence-electron chi connectivity index (χ4n) is 2.72. The summed E-state index contributed by atoms with van der Waals surface area (Å²) in [4.78, 5) is 2.68. The van der Waals surface area contributed by atoms with Gasteiger partial charge in [-0.15, -0.1) is 0 Å². The monoisotopic (exact) mass is 212 g/mol. The van der Waals surface area contributed by atoms with Crippen LogP contribution in [0.3, 0.4) is 0 Å². The van der Waals surface area contributed by atoms with Gasteiger partial charge in [0.2, 0.25) is 0 Å². The SMILES string of the molecule is CCC(NC)C(C)N1CCCCCCC1. The minimum Gasteiger partial charge on any atom is -0.315 e. The highest BCUT2D eigenvalue weighted by Crippen LogP contribution is 2.15. The van der Waals surface area contributed by atoms with Crippen molar-refractivity contribution in [1.82, 2.24) is 10.2 Å². The standard InChI is InChI=1S/C13H28N2/c1-4-13(14-3)12(2)15-10-8-6-5-7-9-11-15/h12-14H,4-11H2,1-3H3. The summed E-state index contributed by atoms with van der Waals surface area (Å²) in [6, 6.07) is 1.35. The van der Waals surface area contributed by atoms with Crippen LogP contribution in [0.1, 0.15) is 52.4 Å². The average molecular weight is 212 g/mol. The molecule has 1 aliphatic rings. The lowest BCUT2D eigenvalue weighted by Gasteiger charge is -2.35. The fraction of sp³-hybridized carbons (Fsp3) is 1.00. The maximum atomic E-state index is 3.44. The van der Waals surface area contributed by atoms with Crippen LogP contribution in [-0.4, -0.2) is 37.1 Å². The zero-order valence-electron chi connectivity index (χ0n) is 10.8. The van der Waals surface area contributed by atoms with Crippen molar-refractivity contribution in [3.63, 3.8) is 0 Å². The summed E-state index contributed by atoms with van der Waals surface area (Å²) in [5.74, 6) is 0. The Morgan fingerprint density at radius 1 is 1.07 bits per heavy atom. The van der Waals surface area contributed by atoms with Crippen LogP contribution in [0.5, 0.6) is 0 Å². The van der Waals surface area contributed by atoms with Gasteiger partial charge < -0.3 is 5.32 Å². The number of rotatable bonds is 4. The van der Waals surface area contributed by atoms with Gasteiger partial charge in [-0.05, 0) is 46.3 Å². The van der Waals surface area contributed by atoms with Crippen LogP contribution < -0.4 is 5.32 Å². The summed E-state index contributed by atoms with van der Waals surface area (Å²) >= 11 is 0. The van der Waals surface area contributed by atoms with Crippen LogP contribution in [0.2, 0.25) is 0 Å². The molecule has 0 radical (unpaired) electrons. The molecule has 1 N–H and O–H groups in total. The van der Waals surface area contributed by atoms with Gasteiger partial charge in [0, 0.05) is 12.1 Å². The lowest BCUT2D eigenvalue weighted by Crippen LogP contribution is -2.48. The van der Waals surface area contributed by atoms with Crippen molar-refractivity contribution in [3.05, 3.63) is 0 Å². The Hall–Kier alpha value is -0.0800. The number of nitrogens with one attached hydrogen (secondary N) is 1. The van der Waals surface area contributed by atoms with Crippen LogP contribution >= 0.6 is 0 Å². The molecule has 0 bridgehead atoms. The second-order valence-corrected chi connectivity index (χ2v) is 4.85. The number of likely N-dealkylation sites (N-methyl/N-ethyl adjacent to an activating group) is 1. The third-order valence-corrected chi connectivity index (χ3v) is 3.86. The largest absolute Gasteiger partial charge is 0.315 e. The maximum Gasteiger partial charge on any atom is 0.0220 e. The van der Waals surface area contributed by atoms with E-state index in [1.807, 2.05) is 0 Å². The van der Waals surface area contributed by atoms with Crippen molar-refractivity contribution < 1.29 is 0 Å². The summed E-state index contributed by atoms with van der Waals surface area (Å²) in [7, 11) is 2.09. The van der Waals surface area contributed by atoms with Gasteiger partial charge in [-0.3, -0.25) is 4.90 Å². The van der Waals surface area contributed by atoms with Gasteiger partial charge in [0.05, 0.1) is 0 Å². The lowest BCUT2D eigenvalue weighted by atomic mass is 10.0. The molecule has 1 fully saturated rings. The Balaban J connectivity index is 2.43. The van der Waals surface area contributed by atoms with Crippen molar-refractivity contribution in [2.75, 3.05) is 20.1 Å². The minimum atomic E-state index is 0.657. The number of hydrogen-bond acceptors (Lipinski definition) is 2. The molecule has 1 rings (SSSR count). The summed E-state index contributed by atoms with van der Waals surface area (Å²) in [6.45, 7) is 7.27. The molecule has 0 spiro atoms. The average Bonchev–Trinajstić information content (AvgIpc) is 2.18. The second kappa shape index (κ2) is 7.24. The van der Waals surface area contributed by atoms with Gasteiger partial charge in [-0.25, -0.2) is 0 Å². The summed E-state index contributed by atoms with van der Waals surface area (Å²) in [5.41, 5.74) is 0. The highest BCUT2D eigenvalue weighted by molar-refractivity contribution is 4.79. The van der Waals surface area contributed by atoms with E-state index in [0.29, 0.717) is 12.1 Å². The number of nitrogens with zero attached hydrogens (tertiary/aromatic N) is 1. The molecule has 0 aromatic heterocycles. The molecule has 90 valence electrons. The van der Waals surface area contributed by atoms with E-state index < -0.39 is 0 Å². The molecule has 0 aliphatic carbocycles. The van der Waals surface area contributed by atoms with Gasteiger partial charge in [-0.1, -0.05) is 26.2 Å². The summed E-state index contributed by atoms with van der Waals surface area (Å²) in [6.07, 6.45) is 8.33. The molecule has 0 amide bonds. The van der Waals surface area contributed by atoms with Gasteiger partial charge in [0.1, 0.15) is 0 Å². The fourth-order valence-corrected chi connectivity index (χ4v) is 2.72. The van der Waals surface area contributed by atoms with Crippen molar-refractivity contribution >= 4 is 0 Å². The lowest BCUT2D eigenvalue weighted by molar-refractivity contribution is 0.156. The van der Waals surface area contributed by atoms with Gasteiger partial charge >= 0.3 is 0 Å². The molecule has 1 saturated heterocycles. The Morgan fingerprint density at radius 2 is 1.60 bits per heavy atom. The molecule has 0 saturated carbocycles. The van der Waals surface area contributed by atoms with Crippen LogP contribution in [-0.2, 0) is 0 Å². The number of hydrogen-bond donors (Lipinski definition) is 1. The molecular weight excluding hydrogens is 184 g/mol. The molecule has 2 unspecified atom stereocenters. The van der Waals surface area contributed by atoms with Crippen molar-refractivity contribution in [2.24, 2.45) is 0 Å². The minimum absolute atomic E-state index is 0.657. The van der Waals surface area contributed by atoms with E-state index in [1.165, 1.54) is 51.6 Å². The van der Waals surface area contributed by atoms with E-state index in [9.17, 15) is 0 Å². The first-order valence-electron chi connectivity index (χ1n) is 6.71. The molecule has 1 aliphatic heterocycles. The first-order chi connectivity index (χ1) is 7.29. The number of likely N-dealkylation sites (tertiary alicyclic amines) is 1. The molecule has 0 aromatic carbocycles. The van der Waals surface area contributed by atoms with E-state index in [1.54, 1.807) is 0 Å². The molecule has 2 atom stereocenters. The van der Waals surface area contributed by atoms with Crippen LogP contribution in [0.15, 0.2) is 0 Å². The van der Waals surface area contributed by atoms with Crippen molar-refractivity contribution in [2.45, 2.75) is 64.5 Å². The molecule has 2 heteroatoms. The highest BCUT2D eigenvalue weighted by Gasteiger charge is 2.20. The van der Waals surface area contributed by atoms with E-state index in [-0.39, 0.29) is 0 Å². The van der Waals surface area contributed by atoms with Gasteiger partial charge in [-0.2, -0.15) is 0 Å². The Bertz CT molecular complexity index is 147. The Kier molecular flexibility index (Phi) is 6.26. The summed E-state index contributed by atoms with van der Waals surface area (Å²) in [5, 5.41) is 3.44. The first kappa shape index (κ1) is 13.0. The topological polar surface area (TPSA) is 15.3 Å². The van der Waals surface area contributed by atoms with E-state index in [2.05, 4.69) is 31.1 Å².